The van der Waals surface area contributed by atoms with Gasteiger partial charge in [-0.3, -0.25) is 4.98 Å². The molecule has 112 valence electrons. The van der Waals surface area contributed by atoms with Gasteiger partial charge >= 0.3 is 0 Å². The number of hydrogen-bond donors (Lipinski definition) is 1. The number of likely N-dealkylation sites (N-methyl/N-ethyl adjacent to an activating group) is 1. The maximum Gasteiger partial charge on any atom is 0.0416 e. The van der Waals surface area contributed by atoms with Gasteiger partial charge in [0.05, 0.1) is 0 Å². The monoisotopic (exact) mass is 275 g/mol. The second-order valence-corrected chi connectivity index (χ2v) is 6.25. The van der Waals surface area contributed by atoms with Gasteiger partial charge < -0.3 is 10.6 Å². The van der Waals surface area contributed by atoms with Gasteiger partial charge in [0.15, 0.2) is 0 Å². The van der Waals surface area contributed by atoms with Crippen LogP contribution in [0.1, 0.15) is 44.7 Å². The Labute approximate surface area is 123 Å². The third-order valence-electron chi connectivity index (χ3n) is 4.69. The smallest absolute Gasteiger partial charge is 0.0416 e. The summed E-state index contributed by atoms with van der Waals surface area (Å²) < 4.78 is 0. The summed E-state index contributed by atoms with van der Waals surface area (Å²) in [5.41, 5.74) is 7.52. The van der Waals surface area contributed by atoms with Crippen molar-refractivity contribution >= 4 is 0 Å². The number of aromatic nitrogens is 1. The van der Waals surface area contributed by atoms with Crippen molar-refractivity contribution in [3.05, 3.63) is 30.1 Å². The third-order valence-corrected chi connectivity index (χ3v) is 4.69. The molecule has 0 spiro atoms. The van der Waals surface area contributed by atoms with Gasteiger partial charge in [0.2, 0.25) is 0 Å². The molecule has 1 aromatic heterocycles. The number of nitrogens with zero attached hydrogens (tertiary/aromatic N) is 2. The van der Waals surface area contributed by atoms with Gasteiger partial charge in [-0.25, -0.2) is 0 Å². The van der Waals surface area contributed by atoms with E-state index in [-0.39, 0.29) is 0 Å². The van der Waals surface area contributed by atoms with Crippen LogP contribution in [0.5, 0.6) is 0 Å². The van der Waals surface area contributed by atoms with Crippen LogP contribution >= 0.6 is 0 Å². The van der Waals surface area contributed by atoms with E-state index < -0.39 is 0 Å². The maximum absolute atomic E-state index is 6.35. The van der Waals surface area contributed by atoms with Gasteiger partial charge in [-0.1, -0.05) is 25.8 Å². The summed E-state index contributed by atoms with van der Waals surface area (Å²) in [6.45, 7) is 3.34. The molecule has 1 aromatic rings. The molecule has 20 heavy (non-hydrogen) atoms. The molecule has 0 saturated heterocycles. The van der Waals surface area contributed by atoms with Crippen molar-refractivity contribution in [2.24, 2.45) is 11.7 Å². The fraction of sp³-hybridized carbons (Fsp3) is 0.706. The molecule has 1 aliphatic rings. The Bertz CT molecular complexity index is 379. The van der Waals surface area contributed by atoms with E-state index in [2.05, 4.69) is 36.0 Å². The van der Waals surface area contributed by atoms with Crippen molar-refractivity contribution in [3.8, 4) is 0 Å². The highest BCUT2D eigenvalue weighted by Gasteiger charge is 2.30. The van der Waals surface area contributed by atoms with Crippen molar-refractivity contribution in [3.63, 3.8) is 0 Å². The molecular weight excluding hydrogens is 246 g/mol. The van der Waals surface area contributed by atoms with Crippen molar-refractivity contribution in [1.82, 2.24) is 9.88 Å². The zero-order chi connectivity index (χ0) is 14.4. The standard InChI is InChI=1S/C17H29N3/c1-3-6-14-8-9-16(18)17(13-14)20(2)12-10-15-7-4-5-11-19-15/h4-5,7,11,14,16-17H,3,6,8-10,12-13,18H2,1-2H3. The van der Waals surface area contributed by atoms with E-state index in [0.717, 1.165) is 18.9 Å². The molecular formula is C17H29N3. The molecule has 0 aliphatic heterocycles. The Kier molecular flexibility index (Phi) is 5.99. The van der Waals surface area contributed by atoms with Gasteiger partial charge in [-0.2, -0.15) is 0 Å². The molecule has 3 heteroatoms. The molecule has 1 fully saturated rings. The molecule has 0 amide bonds. The van der Waals surface area contributed by atoms with E-state index in [1.807, 2.05) is 12.3 Å². The Morgan fingerprint density at radius 3 is 2.90 bits per heavy atom. The molecule has 3 nitrogen and oxygen atoms in total. The average Bonchev–Trinajstić information content (AvgIpc) is 2.48. The van der Waals surface area contributed by atoms with Gasteiger partial charge in [-0.05, 0) is 44.4 Å². The molecule has 1 saturated carbocycles. The second-order valence-electron chi connectivity index (χ2n) is 6.25. The van der Waals surface area contributed by atoms with E-state index in [1.54, 1.807) is 0 Å². The fourth-order valence-electron chi connectivity index (χ4n) is 3.43. The number of rotatable bonds is 6. The molecule has 0 radical (unpaired) electrons. The Balaban J connectivity index is 1.85. The van der Waals surface area contributed by atoms with Crippen LogP contribution in [0, 0.1) is 5.92 Å². The highest BCUT2D eigenvalue weighted by atomic mass is 15.1. The van der Waals surface area contributed by atoms with Gasteiger partial charge in [0, 0.05) is 36.9 Å². The molecule has 0 aromatic carbocycles. The van der Waals surface area contributed by atoms with Crippen LogP contribution in [-0.4, -0.2) is 35.6 Å². The van der Waals surface area contributed by atoms with E-state index in [9.17, 15) is 0 Å². The maximum atomic E-state index is 6.35. The minimum absolute atomic E-state index is 0.344. The molecule has 0 bridgehead atoms. The zero-order valence-corrected chi connectivity index (χ0v) is 13.0. The highest BCUT2D eigenvalue weighted by Crippen LogP contribution is 2.29. The Hall–Kier alpha value is -0.930. The summed E-state index contributed by atoms with van der Waals surface area (Å²) in [6.07, 6.45) is 9.32. The normalized spacial score (nSPS) is 26.9. The summed E-state index contributed by atoms with van der Waals surface area (Å²) in [6, 6.07) is 7.03. The van der Waals surface area contributed by atoms with Crippen molar-refractivity contribution in [2.45, 2.75) is 57.5 Å². The van der Waals surface area contributed by atoms with Crippen LogP contribution in [0.15, 0.2) is 24.4 Å². The largest absolute Gasteiger partial charge is 0.326 e. The van der Waals surface area contributed by atoms with Crippen LogP contribution in [-0.2, 0) is 6.42 Å². The van der Waals surface area contributed by atoms with Crippen LogP contribution < -0.4 is 5.73 Å². The van der Waals surface area contributed by atoms with Crippen LogP contribution in [0.2, 0.25) is 0 Å². The van der Waals surface area contributed by atoms with E-state index >= 15 is 0 Å². The van der Waals surface area contributed by atoms with Crippen LogP contribution in [0.3, 0.4) is 0 Å². The summed E-state index contributed by atoms with van der Waals surface area (Å²) in [5.74, 6) is 0.877. The second kappa shape index (κ2) is 7.75. The van der Waals surface area contributed by atoms with Crippen molar-refractivity contribution < 1.29 is 0 Å². The zero-order valence-electron chi connectivity index (χ0n) is 13.0. The van der Waals surface area contributed by atoms with Crippen molar-refractivity contribution in [1.29, 1.82) is 0 Å². The topological polar surface area (TPSA) is 42.1 Å². The number of hydrogen-bond acceptors (Lipinski definition) is 3. The summed E-state index contributed by atoms with van der Waals surface area (Å²) in [7, 11) is 2.22. The van der Waals surface area contributed by atoms with E-state index in [4.69, 9.17) is 5.73 Å². The number of pyridine rings is 1. The predicted molar refractivity (Wildman–Crippen MR) is 84.6 cm³/mol. The van der Waals surface area contributed by atoms with Gasteiger partial charge in [0.1, 0.15) is 0 Å². The lowest BCUT2D eigenvalue weighted by Crippen LogP contribution is -2.50. The number of nitrogens with two attached hydrogens (primary N) is 1. The Morgan fingerprint density at radius 1 is 1.35 bits per heavy atom. The Morgan fingerprint density at radius 2 is 2.20 bits per heavy atom. The predicted octanol–water partition coefficient (Wildman–Crippen LogP) is 2.85. The minimum Gasteiger partial charge on any atom is -0.326 e. The quantitative estimate of drug-likeness (QED) is 0.868. The first-order valence-corrected chi connectivity index (χ1v) is 8.06. The lowest BCUT2D eigenvalue weighted by molar-refractivity contribution is 0.133. The molecule has 1 heterocycles. The first kappa shape index (κ1) is 15.5. The lowest BCUT2D eigenvalue weighted by Gasteiger charge is -2.39. The lowest BCUT2D eigenvalue weighted by atomic mass is 9.80. The van der Waals surface area contributed by atoms with Gasteiger partial charge in [0.25, 0.3) is 0 Å². The minimum atomic E-state index is 0.344. The van der Waals surface area contributed by atoms with E-state index in [0.29, 0.717) is 12.1 Å². The van der Waals surface area contributed by atoms with Crippen LogP contribution in [0.25, 0.3) is 0 Å². The average molecular weight is 275 g/mol. The molecule has 3 unspecified atom stereocenters. The SMILES string of the molecule is CCCC1CCC(N)C(N(C)CCc2ccccn2)C1. The highest BCUT2D eigenvalue weighted by molar-refractivity contribution is 5.04. The summed E-state index contributed by atoms with van der Waals surface area (Å²) in [5, 5.41) is 0. The molecule has 2 N–H and O–H groups in total. The molecule has 1 aliphatic carbocycles. The van der Waals surface area contributed by atoms with Crippen LogP contribution in [0.4, 0.5) is 0 Å². The summed E-state index contributed by atoms with van der Waals surface area (Å²) in [4.78, 5) is 6.86. The summed E-state index contributed by atoms with van der Waals surface area (Å²) >= 11 is 0. The van der Waals surface area contributed by atoms with Crippen molar-refractivity contribution in [2.75, 3.05) is 13.6 Å². The van der Waals surface area contributed by atoms with Gasteiger partial charge in [-0.15, -0.1) is 0 Å². The molecule has 2 rings (SSSR count). The van der Waals surface area contributed by atoms with E-state index in [1.165, 1.54) is 37.8 Å². The first-order valence-electron chi connectivity index (χ1n) is 8.06. The molecule has 3 atom stereocenters. The fourth-order valence-corrected chi connectivity index (χ4v) is 3.43. The third kappa shape index (κ3) is 4.29. The first-order chi connectivity index (χ1) is 9.70.